The van der Waals surface area contributed by atoms with Crippen LogP contribution in [0.5, 0.6) is 0 Å². The van der Waals surface area contributed by atoms with Gasteiger partial charge in [-0.3, -0.25) is 24.4 Å². The molecule has 3 aromatic rings. The number of hydrogen-bond donors (Lipinski definition) is 2. The standard InChI is InChI=1S/C33H39N5O3/c1-33(2,3)23-13-15-25(16-14-23)38(32(41)29-17-26(39)20-37(29)21-34)30(31(40)36-24-10-5-4-6-11-24)28-19-35-18-22-9-7-8-12-27(22)28/h7-9,12-16,18-19,24,26,29-30,39H,4-6,10-11,17,20H2,1-3H3,(H,36,40)/t26-,29-,30?/m1/s1. The van der Waals surface area contributed by atoms with Gasteiger partial charge in [-0.05, 0) is 41.3 Å². The first-order valence-corrected chi connectivity index (χ1v) is 14.6. The number of rotatable bonds is 6. The molecule has 1 unspecified atom stereocenters. The maximum atomic E-state index is 14.5. The fourth-order valence-corrected chi connectivity index (χ4v) is 6.13. The fraction of sp³-hybridized carbons (Fsp3) is 0.455. The summed E-state index contributed by atoms with van der Waals surface area (Å²) in [6, 6.07) is 13.6. The van der Waals surface area contributed by atoms with Crippen molar-refractivity contribution in [3.05, 3.63) is 72.1 Å². The molecule has 2 fully saturated rings. The summed E-state index contributed by atoms with van der Waals surface area (Å²) in [4.78, 5) is 36.2. The van der Waals surface area contributed by atoms with E-state index in [-0.39, 0.29) is 30.3 Å². The smallest absolute Gasteiger partial charge is 0.251 e. The van der Waals surface area contributed by atoms with Crippen LogP contribution in [0, 0.1) is 11.5 Å². The lowest BCUT2D eigenvalue weighted by atomic mass is 9.87. The van der Waals surface area contributed by atoms with Gasteiger partial charge in [-0.15, -0.1) is 0 Å². The summed E-state index contributed by atoms with van der Waals surface area (Å²) in [6.07, 6.45) is 9.88. The Hall–Kier alpha value is -3.96. The number of aromatic nitrogens is 1. The van der Waals surface area contributed by atoms with Crippen LogP contribution < -0.4 is 10.2 Å². The molecular formula is C33H39N5O3. The topological polar surface area (TPSA) is 110 Å². The molecule has 2 amide bonds. The SMILES string of the molecule is CC(C)(C)c1ccc(N(C(=O)[C@H]2C[C@@H](O)CN2C#N)C(C(=O)NC2CCCCC2)c2cncc3ccccc23)cc1. The van der Waals surface area contributed by atoms with Gasteiger partial charge in [0.05, 0.1) is 12.6 Å². The molecule has 1 saturated carbocycles. The number of nitrogens with one attached hydrogen (secondary N) is 1. The number of likely N-dealkylation sites (tertiary alicyclic amines) is 1. The van der Waals surface area contributed by atoms with Gasteiger partial charge in [0.25, 0.3) is 5.91 Å². The maximum Gasteiger partial charge on any atom is 0.251 e. The Morgan fingerprint density at radius 3 is 2.46 bits per heavy atom. The average molecular weight is 554 g/mol. The molecule has 1 aliphatic carbocycles. The summed E-state index contributed by atoms with van der Waals surface area (Å²) in [7, 11) is 0. The van der Waals surface area contributed by atoms with Crippen LogP contribution in [0.15, 0.2) is 60.9 Å². The van der Waals surface area contributed by atoms with E-state index in [9.17, 15) is 20.0 Å². The highest BCUT2D eigenvalue weighted by Gasteiger charge is 2.43. The van der Waals surface area contributed by atoms with Gasteiger partial charge in [-0.2, -0.15) is 5.26 Å². The molecule has 1 aliphatic heterocycles. The number of nitriles is 1. The minimum Gasteiger partial charge on any atom is -0.391 e. The molecule has 8 nitrogen and oxygen atoms in total. The highest BCUT2D eigenvalue weighted by atomic mass is 16.3. The third-order valence-electron chi connectivity index (χ3n) is 8.39. The van der Waals surface area contributed by atoms with Crippen LogP contribution >= 0.6 is 0 Å². The van der Waals surface area contributed by atoms with Crippen molar-refractivity contribution < 1.29 is 14.7 Å². The summed E-state index contributed by atoms with van der Waals surface area (Å²) in [5.74, 6) is -0.673. The van der Waals surface area contributed by atoms with Crippen molar-refractivity contribution in [2.24, 2.45) is 0 Å². The second-order valence-electron chi connectivity index (χ2n) is 12.4. The summed E-state index contributed by atoms with van der Waals surface area (Å²) in [6.45, 7) is 6.45. The summed E-state index contributed by atoms with van der Waals surface area (Å²) in [5.41, 5.74) is 2.17. The number of aliphatic hydroxyl groups is 1. The lowest BCUT2D eigenvalue weighted by Crippen LogP contribution is -2.51. The van der Waals surface area contributed by atoms with Crippen LogP contribution in [0.3, 0.4) is 0 Å². The zero-order chi connectivity index (χ0) is 29.1. The van der Waals surface area contributed by atoms with Gasteiger partial charge in [-0.25, -0.2) is 0 Å². The largest absolute Gasteiger partial charge is 0.391 e. The Labute approximate surface area is 242 Å². The van der Waals surface area contributed by atoms with Gasteiger partial charge in [0.15, 0.2) is 6.19 Å². The van der Waals surface area contributed by atoms with Crippen LogP contribution in [0.25, 0.3) is 10.8 Å². The molecule has 1 saturated heterocycles. The number of amides is 2. The lowest BCUT2D eigenvalue weighted by Gasteiger charge is -2.36. The zero-order valence-electron chi connectivity index (χ0n) is 24.1. The first-order chi connectivity index (χ1) is 19.7. The second kappa shape index (κ2) is 11.9. The molecule has 3 atom stereocenters. The van der Waals surface area contributed by atoms with Gasteiger partial charge in [0.1, 0.15) is 12.1 Å². The van der Waals surface area contributed by atoms with Gasteiger partial charge in [-0.1, -0.05) is 76.4 Å². The van der Waals surface area contributed by atoms with Gasteiger partial charge in [0, 0.05) is 41.5 Å². The third kappa shape index (κ3) is 6.06. The van der Waals surface area contributed by atoms with Gasteiger partial charge in [0.2, 0.25) is 5.91 Å². The van der Waals surface area contributed by atoms with E-state index in [0.717, 1.165) is 48.4 Å². The first kappa shape index (κ1) is 28.6. The molecule has 214 valence electrons. The molecule has 2 aromatic carbocycles. The Morgan fingerprint density at radius 2 is 1.78 bits per heavy atom. The van der Waals surface area contributed by atoms with Crippen molar-refractivity contribution in [3.8, 4) is 6.19 Å². The number of β-amino-alcohol motifs (C(OH)–C–C–N with tert-alkyl or cyclic N) is 1. The van der Waals surface area contributed by atoms with E-state index in [1.54, 1.807) is 12.4 Å². The monoisotopic (exact) mass is 553 g/mol. The molecule has 2 aliphatic rings. The Balaban J connectivity index is 1.67. The number of fused-ring (bicyclic) bond motifs is 1. The predicted molar refractivity (Wildman–Crippen MR) is 159 cm³/mol. The molecule has 0 spiro atoms. The fourth-order valence-electron chi connectivity index (χ4n) is 6.13. The van der Waals surface area contributed by atoms with Crippen LogP contribution in [0.1, 0.15) is 76.5 Å². The molecule has 5 rings (SSSR count). The predicted octanol–water partition coefficient (Wildman–Crippen LogP) is 4.97. The normalized spacial score (nSPS) is 20.4. The molecule has 0 bridgehead atoms. The highest BCUT2D eigenvalue weighted by molar-refractivity contribution is 6.05. The number of carbonyl (C=O) groups excluding carboxylic acids is 2. The van der Waals surface area contributed by atoms with Crippen LogP contribution in [-0.4, -0.2) is 51.5 Å². The minimum atomic E-state index is -1.03. The van der Waals surface area contributed by atoms with Crippen LogP contribution in [0.4, 0.5) is 5.69 Å². The Morgan fingerprint density at radius 1 is 1.07 bits per heavy atom. The van der Waals surface area contributed by atoms with E-state index in [1.165, 1.54) is 9.80 Å². The van der Waals surface area contributed by atoms with E-state index in [1.807, 2.05) is 48.5 Å². The highest BCUT2D eigenvalue weighted by Crippen LogP contribution is 2.36. The van der Waals surface area contributed by atoms with E-state index in [0.29, 0.717) is 11.3 Å². The van der Waals surface area contributed by atoms with E-state index in [2.05, 4.69) is 37.3 Å². The second-order valence-corrected chi connectivity index (χ2v) is 12.4. The average Bonchev–Trinajstić information content (AvgIpc) is 3.36. The zero-order valence-corrected chi connectivity index (χ0v) is 24.1. The number of carbonyl (C=O) groups is 2. The van der Waals surface area contributed by atoms with Crippen molar-refractivity contribution >= 4 is 28.3 Å². The quantitative estimate of drug-likeness (QED) is 0.417. The molecule has 8 heteroatoms. The Bertz CT molecular complexity index is 1430. The van der Waals surface area contributed by atoms with E-state index >= 15 is 0 Å². The van der Waals surface area contributed by atoms with Gasteiger partial charge < -0.3 is 10.4 Å². The van der Waals surface area contributed by atoms with Gasteiger partial charge >= 0.3 is 0 Å². The molecule has 0 radical (unpaired) electrons. The molecule has 1 aromatic heterocycles. The summed E-state index contributed by atoms with van der Waals surface area (Å²) < 4.78 is 0. The summed E-state index contributed by atoms with van der Waals surface area (Å²) >= 11 is 0. The number of anilines is 1. The van der Waals surface area contributed by atoms with Crippen molar-refractivity contribution in [1.29, 1.82) is 5.26 Å². The van der Waals surface area contributed by atoms with Crippen molar-refractivity contribution in [2.75, 3.05) is 11.4 Å². The van der Waals surface area contributed by atoms with Crippen molar-refractivity contribution in [3.63, 3.8) is 0 Å². The number of aliphatic hydroxyl groups excluding tert-OH is 1. The maximum absolute atomic E-state index is 14.5. The lowest BCUT2D eigenvalue weighted by molar-refractivity contribution is -0.128. The number of nitrogens with zero attached hydrogens (tertiary/aromatic N) is 4. The van der Waals surface area contributed by atoms with Crippen LogP contribution in [-0.2, 0) is 15.0 Å². The molecule has 2 N–H and O–H groups in total. The van der Waals surface area contributed by atoms with Crippen LogP contribution in [0.2, 0.25) is 0 Å². The van der Waals surface area contributed by atoms with E-state index in [4.69, 9.17) is 0 Å². The molecule has 41 heavy (non-hydrogen) atoms. The number of benzene rings is 2. The van der Waals surface area contributed by atoms with Crippen molar-refractivity contribution in [2.45, 2.75) is 88.9 Å². The minimum absolute atomic E-state index is 0.0332. The Kier molecular flexibility index (Phi) is 8.27. The molecule has 2 heterocycles. The summed E-state index contributed by atoms with van der Waals surface area (Å²) in [5, 5.41) is 25.2. The van der Waals surface area contributed by atoms with Crippen molar-refractivity contribution in [1.82, 2.24) is 15.2 Å². The number of hydrogen-bond acceptors (Lipinski definition) is 6. The first-order valence-electron chi connectivity index (χ1n) is 14.6. The number of pyridine rings is 1. The molecular weight excluding hydrogens is 514 g/mol. The van der Waals surface area contributed by atoms with E-state index < -0.39 is 24.1 Å². The third-order valence-corrected chi connectivity index (χ3v) is 8.39.